The molecule has 1 aliphatic rings. The van der Waals surface area contributed by atoms with Gasteiger partial charge in [-0.05, 0) is 37.6 Å². The van der Waals surface area contributed by atoms with Crippen molar-refractivity contribution >= 4 is 27.7 Å². The van der Waals surface area contributed by atoms with Gasteiger partial charge in [0.25, 0.3) is 11.8 Å². The Labute approximate surface area is 120 Å². The van der Waals surface area contributed by atoms with Gasteiger partial charge in [-0.1, -0.05) is 22.0 Å². The predicted octanol–water partition coefficient (Wildman–Crippen LogP) is 2.61. The first-order valence-electron chi connectivity index (χ1n) is 6.15. The lowest BCUT2D eigenvalue weighted by molar-refractivity contribution is -0.135. The SMILES string of the molecule is CC=CC(=O)N1CCCN1C(=O)c1ccc(Br)cc1. The van der Waals surface area contributed by atoms with Crippen molar-refractivity contribution in [3.63, 3.8) is 0 Å². The minimum atomic E-state index is -0.148. The molecule has 0 saturated carbocycles. The number of amides is 2. The van der Waals surface area contributed by atoms with Crippen LogP contribution in [0.1, 0.15) is 23.7 Å². The molecule has 19 heavy (non-hydrogen) atoms. The van der Waals surface area contributed by atoms with Gasteiger partial charge in [-0.15, -0.1) is 0 Å². The summed E-state index contributed by atoms with van der Waals surface area (Å²) in [6.07, 6.45) is 3.97. The molecule has 0 aromatic heterocycles. The number of carbonyl (C=O) groups excluding carboxylic acids is 2. The lowest BCUT2D eigenvalue weighted by Gasteiger charge is -2.26. The molecule has 0 aliphatic carbocycles. The van der Waals surface area contributed by atoms with Crippen molar-refractivity contribution < 1.29 is 9.59 Å². The summed E-state index contributed by atoms with van der Waals surface area (Å²) in [5, 5.41) is 3.02. The van der Waals surface area contributed by atoms with Gasteiger partial charge >= 0.3 is 0 Å². The minimum Gasteiger partial charge on any atom is -0.268 e. The molecule has 100 valence electrons. The quantitative estimate of drug-likeness (QED) is 0.785. The van der Waals surface area contributed by atoms with Crippen LogP contribution in [-0.2, 0) is 4.79 Å². The van der Waals surface area contributed by atoms with E-state index in [2.05, 4.69) is 15.9 Å². The van der Waals surface area contributed by atoms with Crippen LogP contribution in [0.25, 0.3) is 0 Å². The number of hydrogen-bond donors (Lipinski definition) is 0. The Morgan fingerprint density at radius 3 is 2.42 bits per heavy atom. The van der Waals surface area contributed by atoms with Gasteiger partial charge in [0, 0.05) is 29.2 Å². The van der Waals surface area contributed by atoms with E-state index in [1.165, 1.54) is 16.1 Å². The zero-order valence-corrected chi connectivity index (χ0v) is 12.3. The molecule has 0 N–H and O–H groups in total. The average molecular weight is 323 g/mol. The summed E-state index contributed by atoms with van der Waals surface area (Å²) >= 11 is 3.34. The second kappa shape index (κ2) is 6.02. The molecule has 1 saturated heterocycles. The van der Waals surface area contributed by atoms with Crippen LogP contribution in [0.2, 0.25) is 0 Å². The lowest BCUT2D eigenvalue weighted by atomic mass is 10.2. The third-order valence-corrected chi connectivity index (χ3v) is 3.45. The summed E-state index contributed by atoms with van der Waals surface area (Å²) in [5.74, 6) is -0.284. The number of allylic oxidation sites excluding steroid dienone is 1. The van der Waals surface area contributed by atoms with E-state index >= 15 is 0 Å². The molecule has 1 aliphatic heterocycles. The molecule has 0 atom stereocenters. The Morgan fingerprint density at radius 1 is 1.16 bits per heavy atom. The molecule has 0 unspecified atom stereocenters. The summed E-state index contributed by atoms with van der Waals surface area (Å²) in [6.45, 7) is 2.96. The first-order chi connectivity index (χ1) is 9.13. The Hall–Kier alpha value is -1.62. The zero-order valence-electron chi connectivity index (χ0n) is 10.7. The van der Waals surface area contributed by atoms with E-state index in [0.717, 1.165) is 10.9 Å². The molecular formula is C14H15BrN2O2. The van der Waals surface area contributed by atoms with Crippen molar-refractivity contribution in [1.82, 2.24) is 10.0 Å². The summed E-state index contributed by atoms with van der Waals surface area (Å²) in [7, 11) is 0. The van der Waals surface area contributed by atoms with Gasteiger partial charge in [-0.2, -0.15) is 0 Å². The lowest BCUT2D eigenvalue weighted by Crippen LogP contribution is -2.44. The normalized spacial score (nSPS) is 15.3. The van der Waals surface area contributed by atoms with E-state index in [0.29, 0.717) is 18.7 Å². The number of halogens is 1. The molecule has 1 heterocycles. The molecule has 4 nitrogen and oxygen atoms in total. The molecule has 0 radical (unpaired) electrons. The average Bonchev–Trinajstić information content (AvgIpc) is 2.88. The van der Waals surface area contributed by atoms with E-state index in [1.54, 1.807) is 25.1 Å². The smallest absolute Gasteiger partial charge is 0.268 e. The number of carbonyl (C=O) groups is 2. The number of hydrazine groups is 1. The molecular weight excluding hydrogens is 308 g/mol. The highest BCUT2D eigenvalue weighted by Gasteiger charge is 2.29. The summed E-state index contributed by atoms with van der Waals surface area (Å²) in [5.41, 5.74) is 0.586. The Morgan fingerprint density at radius 2 is 1.79 bits per heavy atom. The van der Waals surface area contributed by atoms with Crippen LogP contribution in [0, 0.1) is 0 Å². The minimum absolute atomic E-state index is 0.136. The second-order valence-electron chi connectivity index (χ2n) is 4.25. The summed E-state index contributed by atoms with van der Waals surface area (Å²) in [6, 6.07) is 7.15. The number of hydrogen-bond acceptors (Lipinski definition) is 2. The van der Waals surface area contributed by atoms with Crippen molar-refractivity contribution in [3.05, 3.63) is 46.5 Å². The van der Waals surface area contributed by atoms with Gasteiger partial charge in [0.05, 0.1) is 0 Å². The van der Waals surface area contributed by atoms with Crippen LogP contribution in [0.15, 0.2) is 40.9 Å². The van der Waals surface area contributed by atoms with Gasteiger partial charge in [0.15, 0.2) is 0 Å². The van der Waals surface area contributed by atoms with Gasteiger partial charge in [-0.25, -0.2) is 10.0 Å². The van der Waals surface area contributed by atoms with Crippen molar-refractivity contribution in [1.29, 1.82) is 0 Å². The van der Waals surface area contributed by atoms with E-state index < -0.39 is 0 Å². The molecule has 5 heteroatoms. The highest BCUT2D eigenvalue weighted by atomic mass is 79.9. The largest absolute Gasteiger partial charge is 0.272 e. The van der Waals surface area contributed by atoms with Crippen molar-refractivity contribution in [2.24, 2.45) is 0 Å². The third-order valence-electron chi connectivity index (χ3n) is 2.92. The highest BCUT2D eigenvalue weighted by Crippen LogP contribution is 2.17. The molecule has 1 aromatic rings. The highest BCUT2D eigenvalue weighted by molar-refractivity contribution is 9.10. The van der Waals surface area contributed by atoms with Gasteiger partial charge < -0.3 is 0 Å². The Balaban J connectivity index is 2.18. The molecule has 0 bridgehead atoms. The topological polar surface area (TPSA) is 40.6 Å². The number of rotatable bonds is 2. The number of nitrogens with zero attached hydrogens (tertiary/aromatic N) is 2. The third kappa shape index (κ3) is 3.04. The standard InChI is InChI=1S/C14H15BrN2O2/c1-2-4-13(18)16-9-3-10-17(16)14(19)11-5-7-12(15)8-6-11/h2,4-8H,3,9-10H2,1H3. The van der Waals surface area contributed by atoms with Gasteiger partial charge in [0.1, 0.15) is 0 Å². The van der Waals surface area contributed by atoms with E-state index in [9.17, 15) is 9.59 Å². The second-order valence-corrected chi connectivity index (χ2v) is 5.17. The van der Waals surface area contributed by atoms with Crippen LogP contribution in [0.5, 0.6) is 0 Å². The summed E-state index contributed by atoms with van der Waals surface area (Å²) in [4.78, 5) is 24.3. The fourth-order valence-corrected chi connectivity index (χ4v) is 2.29. The first-order valence-corrected chi connectivity index (χ1v) is 6.94. The predicted molar refractivity (Wildman–Crippen MR) is 76.3 cm³/mol. The monoisotopic (exact) mass is 322 g/mol. The van der Waals surface area contributed by atoms with Crippen LogP contribution < -0.4 is 0 Å². The van der Waals surface area contributed by atoms with Crippen LogP contribution in [-0.4, -0.2) is 34.9 Å². The van der Waals surface area contributed by atoms with Crippen LogP contribution in [0.3, 0.4) is 0 Å². The molecule has 1 aromatic carbocycles. The fraction of sp³-hybridized carbons (Fsp3) is 0.286. The maximum atomic E-state index is 12.4. The summed E-state index contributed by atoms with van der Waals surface area (Å²) < 4.78 is 0.923. The first kappa shape index (κ1) is 13.8. The molecule has 2 rings (SSSR count). The number of benzene rings is 1. The van der Waals surface area contributed by atoms with Crippen LogP contribution in [0.4, 0.5) is 0 Å². The van der Waals surface area contributed by atoms with Crippen molar-refractivity contribution in [3.8, 4) is 0 Å². The maximum Gasteiger partial charge on any atom is 0.272 e. The van der Waals surface area contributed by atoms with Gasteiger partial charge in [0.2, 0.25) is 0 Å². The Bertz CT molecular complexity index is 511. The van der Waals surface area contributed by atoms with Gasteiger partial charge in [-0.3, -0.25) is 9.59 Å². The van der Waals surface area contributed by atoms with E-state index in [1.807, 2.05) is 12.1 Å². The molecule has 0 spiro atoms. The Kier molecular flexibility index (Phi) is 4.37. The fourth-order valence-electron chi connectivity index (χ4n) is 2.02. The molecule has 2 amide bonds. The van der Waals surface area contributed by atoms with Crippen molar-refractivity contribution in [2.75, 3.05) is 13.1 Å². The maximum absolute atomic E-state index is 12.4. The van der Waals surface area contributed by atoms with E-state index in [4.69, 9.17) is 0 Å². The zero-order chi connectivity index (χ0) is 13.8. The van der Waals surface area contributed by atoms with Crippen LogP contribution >= 0.6 is 15.9 Å². The van der Waals surface area contributed by atoms with E-state index in [-0.39, 0.29) is 11.8 Å². The van der Waals surface area contributed by atoms with Crippen molar-refractivity contribution in [2.45, 2.75) is 13.3 Å². The molecule has 1 fully saturated rings.